The van der Waals surface area contributed by atoms with E-state index < -0.39 is 21.7 Å². The molecule has 8 heteroatoms. The molecular weight excluding hydrogens is 463 g/mol. The van der Waals surface area contributed by atoms with Crippen molar-refractivity contribution in [3.05, 3.63) is 100 Å². The molecule has 0 aromatic heterocycles. The number of halogens is 2. The highest BCUT2D eigenvalue weighted by Crippen LogP contribution is 2.29. The Bertz CT molecular complexity index is 1230. The standard InChI is InChI=1S/C25H24ClFN2O3S/c26-20-10-14-22(15-11-20)33(31,32)29(16-18-8-12-21(27)13-9-18)17-25(30)28-24-7-3-5-19-4-1-2-6-23(19)24/h1-2,4,6,8-15,24H,3,5,7,16-17H2,(H,28,30)/t24-/m0/s1. The van der Waals surface area contributed by atoms with E-state index in [2.05, 4.69) is 11.4 Å². The lowest BCUT2D eigenvalue weighted by molar-refractivity contribution is -0.122. The third-order valence-corrected chi connectivity index (χ3v) is 7.81. The fourth-order valence-electron chi connectivity index (χ4n) is 4.08. The van der Waals surface area contributed by atoms with Gasteiger partial charge < -0.3 is 5.32 Å². The number of rotatable bonds is 7. The number of nitrogens with one attached hydrogen (secondary N) is 1. The number of fused-ring (bicyclic) bond motifs is 1. The highest BCUT2D eigenvalue weighted by Gasteiger charge is 2.29. The first-order valence-electron chi connectivity index (χ1n) is 10.7. The number of aryl methyl sites for hydroxylation is 1. The highest BCUT2D eigenvalue weighted by molar-refractivity contribution is 7.89. The number of benzene rings is 3. The van der Waals surface area contributed by atoms with Gasteiger partial charge in [-0.05, 0) is 72.4 Å². The van der Waals surface area contributed by atoms with Gasteiger partial charge in [0.05, 0.1) is 17.5 Å². The highest BCUT2D eigenvalue weighted by atomic mass is 35.5. The van der Waals surface area contributed by atoms with Crippen molar-refractivity contribution in [1.82, 2.24) is 9.62 Å². The minimum absolute atomic E-state index is 0.0322. The number of amides is 1. The molecule has 0 heterocycles. The van der Waals surface area contributed by atoms with Crippen molar-refractivity contribution in [3.8, 4) is 0 Å². The van der Waals surface area contributed by atoms with Gasteiger partial charge in [0.1, 0.15) is 5.82 Å². The SMILES string of the molecule is O=C(CN(Cc1ccc(F)cc1)S(=O)(=O)c1ccc(Cl)cc1)N[C@H]1CCCc2ccccc21. The predicted molar refractivity (Wildman–Crippen MR) is 126 cm³/mol. The molecule has 0 spiro atoms. The summed E-state index contributed by atoms with van der Waals surface area (Å²) < 4.78 is 41.2. The first-order valence-corrected chi connectivity index (χ1v) is 12.5. The van der Waals surface area contributed by atoms with Gasteiger partial charge in [0.15, 0.2) is 0 Å². The Morgan fingerprint density at radius 2 is 1.73 bits per heavy atom. The lowest BCUT2D eigenvalue weighted by atomic mass is 9.88. The summed E-state index contributed by atoms with van der Waals surface area (Å²) in [7, 11) is -4.00. The summed E-state index contributed by atoms with van der Waals surface area (Å²) in [6.45, 7) is -0.430. The van der Waals surface area contributed by atoms with Crippen molar-refractivity contribution in [1.29, 1.82) is 0 Å². The second kappa shape index (κ2) is 10.0. The molecule has 0 radical (unpaired) electrons. The maximum absolute atomic E-state index is 13.4. The van der Waals surface area contributed by atoms with Crippen LogP contribution in [0, 0.1) is 5.82 Å². The fraction of sp³-hybridized carbons (Fsp3) is 0.240. The zero-order valence-corrected chi connectivity index (χ0v) is 19.4. The molecule has 3 aromatic rings. The van der Waals surface area contributed by atoms with Crippen LogP contribution in [0.4, 0.5) is 4.39 Å². The molecular formula is C25H24ClFN2O3S. The lowest BCUT2D eigenvalue weighted by Gasteiger charge is -2.28. The molecule has 3 aromatic carbocycles. The van der Waals surface area contributed by atoms with Gasteiger partial charge in [-0.1, -0.05) is 48.0 Å². The predicted octanol–water partition coefficient (Wildman–Crippen LogP) is 4.86. The Morgan fingerprint density at radius 1 is 1.03 bits per heavy atom. The van der Waals surface area contributed by atoms with E-state index >= 15 is 0 Å². The first kappa shape index (κ1) is 23.4. The van der Waals surface area contributed by atoms with E-state index in [9.17, 15) is 17.6 Å². The number of carbonyl (C=O) groups is 1. The minimum atomic E-state index is -4.00. The maximum Gasteiger partial charge on any atom is 0.243 e. The Balaban J connectivity index is 1.57. The molecule has 1 aliphatic rings. The number of hydrogen-bond donors (Lipinski definition) is 1. The third-order valence-electron chi connectivity index (χ3n) is 5.75. The first-order chi connectivity index (χ1) is 15.8. The summed E-state index contributed by atoms with van der Waals surface area (Å²) in [5, 5.41) is 3.42. The molecule has 1 N–H and O–H groups in total. The van der Waals surface area contributed by atoms with E-state index in [1.165, 1.54) is 54.1 Å². The van der Waals surface area contributed by atoms with Crippen LogP contribution in [-0.4, -0.2) is 25.2 Å². The van der Waals surface area contributed by atoms with Crippen LogP contribution in [0.2, 0.25) is 5.02 Å². The third kappa shape index (κ3) is 5.61. The van der Waals surface area contributed by atoms with Gasteiger partial charge in [0.25, 0.3) is 0 Å². The van der Waals surface area contributed by atoms with E-state index in [-0.39, 0.29) is 24.0 Å². The molecule has 33 heavy (non-hydrogen) atoms. The van der Waals surface area contributed by atoms with Crippen molar-refractivity contribution in [2.75, 3.05) is 6.54 Å². The van der Waals surface area contributed by atoms with Gasteiger partial charge in [-0.25, -0.2) is 12.8 Å². The summed E-state index contributed by atoms with van der Waals surface area (Å²) >= 11 is 5.91. The zero-order valence-electron chi connectivity index (χ0n) is 17.9. The van der Waals surface area contributed by atoms with Crippen LogP contribution in [0.3, 0.4) is 0 Å². The summed E-state index contributed by atoms with van der Waals surface area (Å²) in [5.74, 6) is -0.809. The van der Waals surface area contributed by atoms with Gasteiger partial charge in [0.2, 0.25) is 15.9 Å². The van der Waals surface area contributed by atoms with Crippen LogP contribution >= 0.6 is 11.6 Å². The van der Waals surface area contributed by atoms with E-state index in [0.717, 1.165) is 29.1 Å². The minimum Gasteiger partial charge on any atom is -0.348 e. The molecule has 0 unspecified atom stereocenters. The topological polar surface area (TPSA) is 66.5 Å². The Labute approximate surface area is 198 Å². The monoisotopic (exact) mass is 486 g/mol. The van der Waals surface area contributed by atoms with E-state index in [4.69, 9.17) is 11.6 Å². The van der Waals surface area contributed by atoms with Crippen LogP contribution < -0.4 is 5.32 Å². The van der Waals surface area contributed by atoms with Gasteiger partial charge >= 0.3 is 0 Å². The molecule has 1 atom stereocenters. The fourth-order valence-corrected chi connectivity index (χ4v) is 5.59. The molecule has 4 rings (SSSR count). The normalized spacial score (nSPS) is 15.8. The molecule has 1 amide bonds. The second-order valence-corrected chi connectivity index (χ2v) is 10.4. The number of nitrogens with zero attached hydrogens (tertiary/aromatic N) is 1. The summed E-state index contributed by atoms with van der Waals surface area (Å²) in [5.41, 5.74) is 2.85. The molecule has 0 aliphatic heterocycles. The molecule has 0 bridgehead atoms. The van der Waals surface area contributed by atoms with Crippen molar-refractivity contribution in [2.45, 2.75) is 36.7 Å². The van der Waals surface area contributed by atoms with E-state index in [0.29, 0.717) is 10.6 Å². The zero-order chi connectivity index (χ0) is 23.4. The van der Waals surface area contributed by atoms with E-state index in [1.807, 2.05) is 18.2 Å². The summed E-state index contributed by atoms with van der Waals surface area (Å²) in [4.78, 5) is 13.0. The Kier molecular flexibility index (Phi) is 7.12. The molecule has 0 fully saturated rings. The van der Waals surface area contributed by atoms with Gasteiger partial charge in [-0.3, -0.25) is 4.79 Å². The van der Waals surface area contributed by atoms with E-state index in [1.54, 1.807) is 0 Å². The van der Waals surface area contributed by atoms with Gasteiger partial charge in [-0.15, -0.1) is 0 Å². The van der Waals surface area contributed by atoms with Gasteiger partial charge in [0, 0.05) is 11.6 Å². The largest absolute Gasteiger partial charge is 0.348 e. The van der Waals surface area contributed by atoms with Crippen molar-refractivity contribution in [2.24, 2.45) is 0 Å². The summed E-state index contributed by atoms with van der Waals surface area (Å²) in [6.07, 6.45) is 2.71. The maximum atomic E-state index is 13.4. The average molecular weight is 487 g/mol. The Morgan fingerprint density at radius 3 is 2.45 bits per heavy atom. The summed E-state index contributed by atoms with van der Waals surface area (Å²) in [6, 6.07) is 19.2. The van der Waals surface area contributed by atoms with Crippen LogP contribution in [0.25, 0.3) is 0 Å². The van der Waals surface area contributed by atoms with Crippen molar-refractivity contribution >= 4 is 27.5 Å². The van der Waals surface area contributed by atoms with Crippen LogP contribution in [0.1, 0.15) is 35.6 Å². The van der Waals surface area contributed by atoms with Crippen molar-refractivity contribution < 1.29 is 17.6 Å². The lowest BCUT2D eigenvalue weighted by Crippen LogP contribution is -2.42. The molecule has 1 aliphatic carbocycles. The molecule has 0 saturated carbocycles. The molecule has 5 nitrogen and oxygen atoms in total. The van der Waals surface area contributed by atoms with Crippen LogP contribution in [0.5, 0.6) is 0 Å². The molecule has 172 valence electrons. The second-order valence-electron chi connectivity index (χ2n) is 8.06. The number of sulfonamides is 1. The van der Waals surface area contributed by atoms with Crippen LogP contribution in [-0.2, 0) is 27.8 Å². The Hall–Kier alpha value is -2.74. The van der Waals surface area contributed by atoms with Crippen molar-refractivity contribution in [3.63, 3.8) is 0 Å². The molecule has 0 saturated heterocycles. The average Bonchev–Trinajstić information content (AvgIpc) is 2.80. The quantitative estimate of drug-likeness (QED) is 0.518. The number of hydrogen-bond acceptors (Lipinski definition) is 3. The van der Waals surface area contributed by atoms with Gasteiger partial charge in [-0.2, -0.15) is 4.31 Å². The smallest absolute Gasteiger partial charge is 0.243 e. The van der Waals surface area contributed by atoms with Crippen LogP contribution in [0.15, 0.2) is 77.7 Å². The number of carbonyl (C=O) groups excluding carboxylic acids is 1.